The van der Waals surface area contributed by atoms with Crippen molar-refractivity contribution in [3.05, 3.63) is 0 Å². The van der Waals surface area contributed by atoms with Crippen LogP contribution in [0.15, 0.2) is 0 Å². The lowest BCUT2D eigenvalue weighted by Gasteiger charge is -2.27. The van der Waals surface area contributed by atoms with Gasteiger partial charge in [-0.25, -0.2) is 4.79 Å². The van der Waals surface area contributed by atoms with Crippen molar-refractivity contribution in [3.8, 4) is 0 Å². The molecule has 0 bridgehead atoms. The molecule has 2 amide bonds. The fraction of sp³-hybridized carbons (Fsp3) is 0.857. The van der Waals surface area contributed by atoms with Gasteiger partial charge < -0.3 is 20.1 Å². The summed E-state index contributed by atoms with van der Waals surface area (Å²) in [7, 11) is 1.78. The van der Waals surface area contributed by atoms with Gasteiger partial charge in [0.25, 0.3) is 0 Å². The molecule has 20 heavy (non-hydrogen) atoms. The zero-order valence-corrected chi connectivity index (χ0v) is 12.4. The highest BCUT2D eigenvalue weighted by molar-refractivity contribution is 5.74. The number of urea groups is 1. The van der Waals surface area contributed by atoms with Crippen molar-refractivity contribution < 1.29 is 19.4 Å². The molecule has 1 saturated heterocycles. The Morgan fingerprint density at radius 2 is 2.05 bits per heavy atom. The number of carboxylic acids is 1. The average Bonchev–Trinajstić information content (AvgIpc) is 2.43. The Labute approximate surface area is 120 Å². The number of hydrogen-bond donors (Lipinski definition) is 2. The number of carbonyl (C=O) groups excluding carboxylic acids is 1. The monoisotopic (exact) mass is 286 g/mol. The molecule has 1 atom stereocenters. The predicted octanol–water partition coefficient (Wildman–Crippen LogP) is 1.56. The van der Waals surface area contributed by atoms with Crippen molar-refractivity contribution in [2.24, 2.45) is 11.8 Å². The van der Waals surface area contributed by atoms with Gasteiger partial charge in [0.15, 0.2) is 0 Å². The second kappa shape index (κ2) is 8.79. The number of ether oxygens (including phenoxy) is 1. The summed E-state index contributed by atoms with van der Waals surface area (Å²) < 4.78 is 5.30. The molecule has 0 radical (unpaired) electrons. The van der Waals surface area contributed by atoms with Crippen LogP contribution in [0.1, 0.15) is 32.6 Å². The molecular weight excluding hydrogens is 260 g/mol. The molecule has 6 nitrogen and oxygen atoms in total. The molecule has 0 aromatic heterocycles. The minimum Gasteiger partial charge on any atom is -0.481 e. The second-order valence-electron chi connectivity index (χ2n) is 5.49. The molecule has 0 saturated carbocycles. The molecule has 0 aromatic carbocycles. The number of nitrogens with one attached hydrogen (secondary N) is 1. The summed E-state index contributed by atoms with van der Waals surface area (Å²) >= 11 is 0. The Morgan fingerprint density at radius 3 is 2.60 bits per heavy atom. The van der Waals surface area contributed by atoms with Gasteiger partial charge in [-0.3, -0.25) is 4.79 Å². The van der Waals surface area contributed by atoms with E-state index in [2.05, 4.69) is 5.32 Å². The summed E-state index contributed by atoms with van der Waals surface area (Å²) in [6.45, 7) is 4.63. The molecule has 0 aromatic rings. The summed E-state index contributed by atoms with van der Waals surface area (Å²) in [5, 5.41) is 11.6. The highest BCUT2D eigenvalue weighted by Crippen LogP contribution is 2.15. The predicted molar refractivity (Wildman–Crippen MR) is 75.6 cm³/mol. The van der Waals surface area contributed by atoms with Crippen molar-refractivity contribution in [1.29, 1.82) is 0 Å². The number of carboxylic acid groups (broad SMARTS) is 1. The van der Waals surface area contributed by atoms with Crippen LogP contribution in [0.4, 0.5) is 4.79 Å². The van der Waals surface area contributed by atoms with Gasteiger partial charge >= 0.3 is 12.0 Å². The van der Waals surface area contributed by atoms with E-state index in [4.69, 9.17) is 9.84 Å². The third kappa shape index (κ3) is 6.23. The molecule has 0 aliphatic carbocycles. The van der Waals surface area contributed by atoms with Crippen LogP contribution < -0.4 is 5.32 Å². The van der Waals surface area contributed by atoms with E-state index in [1.807, 2.05) is 6.92 Å². The van der Waals surface area contributed by atoms with Crippen molar-refractivity contribution in [1.82, 2.24) is 10.2 Å². The first-order chi connectivity index (χ1) is 9.52. The first kappa shape index (κ1) is 16.8. The number of rotatable bonds is 7. The third-order valence-corrected chi connectivity index (χ3v) is 3.80. The van der Waals surface area contributed by atoms with Gasteiger partial charge in [-0.05, 0) is 24.7 Å². The normalized spacial score (nSPS) is 17.5. The van der Waals surface area contributed by atoms with Gasteiger partial charge in [0.2, 0.25) is 0 Å². The maximum atomic E-state index is 12.0. The van der Waals surface area contributed by atoms with Gasteiger partial charge in [0, 0.05) is 39.8 Å². The highest BCUT2D eigenvalue weighted by Gasteiger charge is 2.19. The van der Waals surface area contributed by atoms with Crippen LogP contribution in [0, 0.1) is 11.8 Å². The Balaban J connectivity index is 2.27. The van der Waals surface area contributed by atoms with Gasteiger partial charge in [0.1, 0.15) is 0 Å². The Kier molecular flexibility index (Phi) is 7.36. The van der Waals surface area contributed by atoms with Crippen LogP contribution in [0.25, 0.3) is 0 Å². The zero-order valence-electron chi connectivity index (χ0n) is 12.4. The maximum Gasteiger partial charge on any atom is 0.317 e. The van der Waals surface area contributed by atoms with E-state index in [1.165, 1.54) is 0 Å². The molecule has 0 spiro atoms. The molecule has 1 heterocycles. The number of aliphatic carboxylic acids is 1. The lowest BCUT2D eigenvalue weighted by Crippen LogP contribution is -2.42. The topological polar surface area (TPSA) is 78.9 Å². The highest BCUT2D eigenvalue weighted by atomic mass is 16.5. The van der Waals surface area contributed by atoms with Crippen molar-refractivity contribution >= 4 is 12.0 Å². The van der Waals surface area contributed by atoms with Crippen LogP contribution in [0.3, 0.4) is 0 Å². The minimum atomic E-state index is -0.818. The van der Waals surface area contributed by atoms with E-state index in [1.54, 1.807) is 11.9 Å². The smallest absolute Gasteiger partial charge is 0.317 e. The van der Waals surface area contributed by atoms with Gasteiger partial charge in [0.05, 0.1) is 0 Å². The van der Waals surface area contributed by atoms with Crippen LogP contribution in [-0.2, 0) is 9.53 Å². The van der Waals surface area contributed by atoms with Gasteiger partial charge in [-0.1, -0.05) is 13.3 Å². The van der Waals surface area contributed by atoms with Crippen molar-refractivity contribution in [3.63, 3.8) is 0 Å². The zero-order chi connectivity index (χ0) is 15.0. The van der Waals surface area contributed by atoms with E-state index >= 15 is 0 Å². The van der Waals surface area contributed by atoms with Crippen LogP contribution in [0.5, 0.6) is 0 Å². The maximum absolute atomic E-state index is 12.0. The fourth-order valence-corrected chi connectivity index (χ4v) is 2.37. The van der Waals surface area contributed by atoms with Gasteiger partial charge in [-0.2, -0.15) is 0 Å². The Bertz CT molecular complexity index is 316. The van der Waals surface area contributed by atoms with E-state index < -0.39 is 5.97 Å². The van der Waals surface area contributed by atoms with Crippen molar-refractivity contribution in [2.45, 2.75) is 32.6 Å². The lowest BCUT2D eigenvalue weighted by atomic mass is 10.00. The first-order valence-electron chi connectivity index (χ1n) is 7.31. The Hall–Kier alpha value is -1.30. The van der Waals surface area contributed by atoms with Crippen LogP contribution >= 0.6 is 0 Å². The molecule has 1 aliphatic heterocycles. The lowest BCUT2D eigenvalue weighted by molar-refractivity contribution is -0.138. The molecule has 6 heteroatoms. The van der Waals surface area contributed by atoms with Crippen molar-refractivity contribution in [2.75, 3.05) is 33.4 Å². The minimum absolute atomic E-state index is 0.00655. The SMILES string of the molecule is CCC(CNC(=O)N(C)CC1CCOCC1)CC(=O)O. The molecule has 116 valence electrons. The molecule has 1 aliphatic rings. The quantitative estimate of drug-likeness (QED) is 0.744. The first-order valence-corrected chi connectivity index (χ1v) is 7.31. The summed E-state index contributed by atoms with van der Waals surface area (Å²) in [4.78, 5) is 24.3. The molecule has 1 fully saturated rings. The van der Waals surface area contributed by atoms with E-state index in [9.17, 15) is 9.59 Å². The van der Waals surface area contributed by atoms with Gasteiger partial charge in [-0.15, -0.1) is 0 Å². The fourth-order valence-electron chi connectivity index (χ4n) is 2.37. The Morgan fingerprint density at radius 1 is 1.40 bits per heavy atom. The molecule has 1 rings (SSSR count). The number of amides is 2. The summed E-state index contributed by atoms with van der Waals surface area (Å²) in [6.07, 6.45) is 2.83. The summed E-state index contributed by atoms with van der Waals surface area (Å²) in [5.74, 6) is -0.324. The van der Waals surface area contributed by atoms with E-state index in [0.717, 1.165) is 39.0 Å². The van der Waals surface area contributed by atoms with Crippen LogP contribution in [-0.4, -0.2) is 55.4 Å². The van der Waals surface area contributed by atoms with E-state index in [0.29, 0.717) is 12.5 Å². The number of carbonyl (C=O) groups is 2. The molecule has 1 unspecified atom stereocenters. The largest absolute Gasteiger partial charge is 0.481 e. The third-order valence-electron chi connectivity index (χ3n) is 3.80. The van der Waals surface area contributed by atoms with E-state index in [-0.39, 0.29) is 18.4 Å². The number of nitrogens with zero attached hydrogens (tertiary/aromatic N) is 1. The standard InChI is InChI=1S/C14H26N2O4/c1-3-11(8-13(17)18)9-15-14(19)16(2)10-12-4-6-20-7-5-12/h11-12H,3-10H2,1-2H3,(H,15,19)(H,17,18). The molecule has 2 N–H and O–H groups in total. The van der Waals surface area contributed by atoms with Crippen LogP contribution in [0.2, 0.25) is 0 Å². The summed E-state index contributed by atoms with van der Waals surface area (Å²) in [6, 6.07) is -0.125. The molecular formula is C14H26N2O4. The average molecular weight is 286 g/mol. The summed E-state index contributed by atoms with van der Waals surface area (Å²) in [5.41, 5.74) is 0. The number of hydrogen-bond acceptors (Lipinski definition) is 3. The second-order valence-corrected chi connectivity index (χ2v) is 5.49.